The fourth-order valence-electron chi connectivity index (χ4n) is 8.35. The molecule has 0 spiro atoms. The Morgan fingerprint density at radius 1 is 0.965 bits per heavy atom. The Bertz CT molecular complexity index is 2010. The molecule has 6 rings (SSSR count). The number of carbonyl (C=O) groups is 3. The molecule has 2 fully saturated rings. The number of piperazine rings is 2. The molecular formula is C42H57FN8O6. The maximum atomic E-state index is 14.6. The van der Waals surface area contributed by atoms with Gasteiger partial charge in [0, 0.05) is 101 Å². The van der Waals surface area contributed by atoms with Crippen LogP contribution in [0.3, 0.4) is 0 Å². The van der Waals surface area contributed by atoms with E-state index in [1.54, 1.807) is 40.5 Å². The van der Waals surface area contributed by atoms with Crippen LogP contribution in [-0.2, 0) is 33.2 Å². The summed E-state index contributed by atoms with van der Waals surface area (Å²) in [5.41, 5.74) is 1.88. The number of hydrogen-bond acceptors (Lipinski definition) is 11. The summed E-state index contributed by atoms with van der Waals surface area (Å²) in [4.78, 5) is 73.0. The van der Waals surface area contributed by atoms with Crippen molar-refractivity contribution in [2.75, 3.05) is 68.8 Å². The van der Waals surface area contributed by atoms with Crippen molar-refractivity contribution in [3.05, 3.63) is 81.3 Å². The van der Waals surface area contributed by atoms with Crippen LogP contribution in [0.1, 0.15) is 82.6 Å². The van der Waals surface area contributed by atoms with Crippen LogP contribution in [0.5, 0.6) is 0 Å². The van der Waals surface area contributed by atoms with Crippen molar-refractivity contribution < 1.29 is 28.2 Å². The zero-order chi connectivity index (χ0) is 41.4. The molecule has 3 aliphatic heterocycles. The van der Waals surface area contributed by atoms with Crippen LogP contribution in [-0.4, -0.2) is 130 Å². The number of halogens is 1. The lowest BCUT2D eigenvalue weighted by Gasteiger charge is -2.48. The van der Waals surface area contributed by atoms with Gasteiger partial charge in [0.1, 0.15) is 11.4 Å². The lowest BCUT2D eigenvalue weighted by atomic mass is 9.90. The van der Waals surface area contributed by atoms with Gasteiger partial charge in [0.25, 0.3) is 5.56 Å². The van der Waals surface area contributed by atoms with E-state index < -0.39 is 17.0 Å². The molecular weight excluding hydrogens is 732 g/mol. The fourth-order valence-corrected chi connectivity index (χ4v) is 8.35. The van der Waals surface area contributed by atoms with Crippen LogP contribution in [0.4, 0.5) is 20.8 Å². The number of aromatic nitrogens is 3. The molecule has 3 aliphatic rings. The van der Waals surface area contributed by atoms with Crippen LogP contribution in [0, 0.1) is 5.82 Å². The summed E-state index contributed by atoms with van der Waals surface area (Å²) in [5.74, 6) is -0.347. The maximum absolute atomic E-state index is 14.6. The van der Waals surface area contributed by atoms with Crippen LogP contribution >= 0.6 is 0 Å². The number of carbonyl (C=O) groups excluding carboxylic acids is 3. The first-order valence-corrected chi connectivity index (χ1v) is 19.8. The van der Waals surface area contributed by atoms with E-state index in [0.29, 0.717) is 75.0 Å². The van der Waals surface area contributed by atoms with E-state index in [4.69, 9.17) is 9.47 Å². The number of fused-ring (bicyclic) bond motifs is 1. The normalized spacial score (nSPS) is 21.4. The van der Waals surface area contributed by atoms with E-state index in [9.17, 15) is 23.6 Å². The molecule has 0 aliphatic carbocycles. The van der Waals surface area contributed by atoms with Gasteiger partial charge in [-0.25, -0.2) is 23.9 Å². The van der Waals surface area contributed by atoms with E-state index in [2.05, 4.69) is 31.6 Å². The molecule has 3 aromatic rings. The van der Waals surface area contributed by atoms with Gasteiger partial charge in [-0.05, 0) is 65.3 Å². The lowest BCUT2D eigenvalue weighted by Crippen LogP contribution is -2.65. The first-order valence-electron chi connectivity index (χ1n) is 19.8. The zero-order valence-electron chi connectivity index (χ0n) is 34.7. The van der Waals surface area contributed by atoms with Gasteiger partial charge in [0.15, 0.2) is 0 Å². The number of hydrogen-bond donors (Lipinski definition) is 0. The van der Waals surface area contributed by atoms with Gasteiger partial charge in [-0.15, -0.1) is 0 Å². The van der Waals surface area contributed by atoms with E-state index in [0.717, 1.165) is 11.3 Å². The SMILES string of the molecule is CCOC(=O)c1cnc(N2CCN(C[C@H]3CN(C(=O)OC(C)(C)C)[C@H](C)CN3CC(=O)N3CC(C)(C)c4c3cc(Cc3ccc(F)cc3)c(=O)n4C)C(C)C2)nc1. The van der Waals surface area contributed by atoms with Gasteiger partial charge in [-0.3, -0.25) is 19.4 Å². The van der Waals surface area contributed by atoms with Crippen molar-refractivity contribution in [2.24, 2.45) is 7.05 Å². The second-order valence-corrected chi connectivity index (χ2v) is 17.3. The average Bonchev–Trinajstić information content (AvgIpc) is 3.42. The van der Waals surface area contributed by atoms with Crippen molar-refractivity contribution in [3.63, 3.8) is 0 Å². The number of rotatable bonds is 9. The zero-order valence-corrected chi connectivity index (χ0v) is 34.7. The minimum Gasteiger partial charge on any atom is -0.462 e. The molecule has 0 radical (unpaired) electrons. The fraction of sp³-hybridized carbons (Fsp3) is 0.571. The Labute approximate surface area is 334 Å². The molecule has 57 heavy (non-hydrogen) atoms. The highest BCUT2D eigenvalue weighted by Crippen LogP contribution is 2.40. The third-order valence-electron chi connectivity index (χ3n) is 11.1. The van der Waals surface area contributed by atoms with Crippen LogP contribution in [0.15, 0.2) is 47.5 Å². The topological polar surface area (TPSA) is 134 Å². The molecule has 0 bridgehead atoms. The highest BCUT2D eigenvalue weighted by molar-refractivity contribution is 5.97. The summed E-state index contributed by atoms with van der Waals surface area (Å²) in [5, 5.41) is 0. The number of pyridine rings is 1. The maximum Gasteiger partial charge on any atom is 0.410 e. The number of anilines is 2. The molecule has 14 nitrogen and oxygen atoms in total. The summed E-state index contributed by atoms with van der Waals surface area (Å²) >= 11 is 0. The number of esters is 1. The Morgan fingerprint density at radius 2 is 1.65 bits per heavy atom. The average molecular weight is 789 g/mol. The highest BCUT2D eigenvalue weighted by Gasteiger charge is 2.44. The quantitative estimate of drug-likeness (QED) is 0.289. The molecule has 308 valence electrons. The van der Waals surface area contributed by atoms with Gasteiger partial charge in [0.05, 0.1) is 30.1 Å². The summed E-state index contributed by atoms with van der Waals surface area (Å²) in [6.07, 6.45) is 2.92. The number of ether oxygens (including phenoxy) is 2. The molecule has 15 heteroatoms. The Hall–Kier alpha value is -4.89. The van der Waals surface area contributed by atoms with Gasteiger partial charge < -0.3 is 28.7 Å². The van der Waals surface area contributed by atoms with E-state index in [1.807, 2.05) is 47.6 Å². The molecule has 0 N–H and O–H groups in total. The molecule has 2 aromatic heterocycles. The number of amides is 2. The van der Waals surface area contributed by atoms with Crippen molar-refractivity contribution in [2.45, 2.75) is 91.0 Å². The smallest absolute Gasteiger partial charge is 0.410 e. The monoisotopic (exact) mass is 788 g/mol. The minimum absolute atomic E-state index is 0.0857. The molecule has 2 amide bonds. The summed E-state index contributed by atoms with van der Waals surface area (Å²) in [7, 11) is 1.75. The minimum atomic E-state index is -0.660. The van der Waals surface area contributed by atoms with Crippen molar-refractivity contribution >= 4 is 29.6 Å². The summed E-state index contributed by atoms with van der Waals surface area (Å²) < 4.78 is 26.2. The van der Waals surface area contributed by atoms with E-state index in [1.165, 1.54) is 24.5 Å². The lowest BCUT2D eigenvalue weighted by molar-refractivity contribution is -0.121. The molecule has 1 aromatic carbocycles. The van der Waals surface area contributed by atoms with Crippen molar-refractivity contribution in [1.29, 1.82) is 0 Å². The third-order valence-corrected chi connectivity index (χ3v) is 11.1. The van der Waals surface area contributed by atoms with Crippen molar-refractivity contribution in [1.82, 2.24) is 29.2 Å². The second-order valence-electron chi connectivity index (χ2n) is 17.3. The van der Waals surface area contributed by atoms with Gasteiger partial charge in [0.2, 0.25) is 11.9 Å². The second kappa shape index (κ2) is 16.5. The molecule has 0 saturated carbocycles. The van der Waals surface area contributed by atoms with Gasteiger partial charge in [-0.2, -0.15) is 0 Å². The Balaban J connectivity index is 1.22. The number of nitrogens with zero attached hydrogens (tertiary/aromatic N) is 8. The van der Waals surface area contributed by atoms with E-state index >= 15 is 0 Å². The molecule has 5 heterocycles. The predicted molar refractivity (Wildman–Crippen MR) is 215 cm³/mol. The Morgan fingerprint density at radius 3 is 2.28 bits per heavy atom. The van der Waals surface area contributed by atoms with Gasteiger partial charge in [-0.1, -0.05) is 26.0 Å². The molecule has 2 saturated heterocycles. The van der Waals surface area contributed by atoms with Crippen LogP contribution in [0.2, 0.25) is 0 Å². The standard InChI is InChI=1S/C42H57FN8O6/c1-10-56-38(54)31-19-44-39(45-20-31)48-16-15-47(27(2)21-48)23-33-24-50(40(55)57-41(4,5)6)28(3)22-49(33)25-35(52)51-26-42(7,8)36-34(51)18-30(37(53)46(36)9)17-29-11-13-32(43)14-12-29/h11-14,18-20,27-28,33H,10,15-17,21-26H2,1-9H3/t27?,28-,33+/m1/s1. The first-order chi connectivity index (χ1) is 26.8. The van der Waals surface area contributed by atoms with Crippen molar-refractivity contribution in [3.8, 4) is 0 Å². The Kier molecular flexibility index (Phi) is 12.1. The third kappa shape index (κ3) is 9.30. The van der Waals surface area contributed by atoms with Crippen LogP contribution < -0.4 is 15.4 Å². The van der Waals surface area contributed by atoms with E-state index in [-0.39, 0.29) is 54.7 Å². The van der Waals surface area contributed by atoms with Crippen LogP contribution in [0.25, 0.3) is 0 Å². The molecule has 3 atom stereocenters. The largest absolute Gasteiger partial charge is 0.462 e. The van der Waals surface area contributed by atoms with Gasteiger partial charge >= 0.3 is 12.1 Å². The highest BCUT2D eigenvalue weighted by atomic mass is 19.1. The number of benzene rings is 1. The summed E-state index contributed by atoms with van der Waals surface area (Å²) in [6.45, 7) is 19.8. The molecule has 1 unspecified atom stereocenters. The first kappa shape index (κ1) is 41.7. The summed E-state index contributed by atoms with van der Waals surface area (Å²) in [6, 6.07) is 7.64. The predicted octanol–water partition coefficient (Wildman–Crippen LogP) is 4.23.